The zero-order valence-electron chi connectivity index (χ0n) is 13.2. The fourth-order valence-electron chi connectivity index (χ4n) is 1.78. The Balaban J connectivity index is 0.000000261. The molecule has 122 valence electrons. The average Bonchev–Trinajstić information content (AvgIpc) is 3.10. The molecule has 0 spiro atoms. The number of benzene rings is 1. The minimum absolute atomic E-state index is 0.0933. The lowest BCUT2D eigenvalue weighted by Gasteiger charge is -2.19. The van der Waals surface area contributed by atoms with Gasteiger partial charge in [0.1, 0.15) is 17.6 Å². The molecule has 0 heterocycles. The SMILES string of the molecule is CC(C)(C)OC(=O)C1c2ccccc21.C[C@@H](O)[C@H](N)C(=O)O. The van der Waals surface area contributed by atoms with E-state index in [1.807, 2.05) is 45.0 Å². The standard InChI is InChI=1S/C12H14O2.C4H9NO3/c1-12(2,3)14-11(13)10-8-6-4-5-7-9(8)10;1-2(6)3(5)4(7)8/h4-7,10H,1-3H3;2-3,6H,5H2,1H3,(H,7,8)/t;2-,3+/m.1/s1. The van der Waals surface area contributed by atoms with Crippen LogP contribution >= 0.6 is 0 Å². The molecular formula is C16H23NO5. The quantitative estimate of drug-likeness (QED) is 0.725. The summed E-state index contributed by atoms with van der Waals surface area (Å²) in [5, 5.41) is 16.6. The van der Waals surface area contributed by atoms with Crippen LogP contribution in [0.3, 0.4) is 0 Å². The van der Waals surface area contributed by atoms with Crippen molar-refractivity contribution in [3.05, 3.63) is 35.4 Å². The van der Waals surface area contributed by atoms with Crippen molar-refractivity contribution in [3.63, 3.8) is 0 Å². The van der Waals surface area contributed by atoms with Crippen molar-refractivity contribution in [1.82, 2.24) is 0 Å². The Hall–Kier alpha value is -1.92. The van der Waals surface area contributed by atoms with Gasteiger partial charge in [0.2, 0.25) is 0 Å². The molecule has 0 bridgehead atoms. The normalized spacial score (nSPS) is 15.7. The highest BCUT2D eigenvalue weighted by atomic mass is 16.6. The lowest BCUT2D eigenvalue weighted by atomic mass is 10.2. The molecule has 0 saturated heterocycles. The number of hydrogen-bond donors (Lipinski definition) is 3. The number of aliphatic hydroxyl groups excluding tert-OH is 1. The molecule has 0 aromatic heterocycles. The number of aliphatic hydroxyl groups is 1. The first-order valence-electron chi connectivity index (χ1n) is 7.02. The van der Waals surface area contributed by atoms with Crippen molar-refractivity contribution in [3.8, 4) is 0 Å². The van der Waals surface area contributed by atoms with Gasteiger partial charge in [-0.3, -0.25) is 9.59 Å². The predicted octanol–water partition coefficient (Wildman–Crippen LogP) is 1.25. The first kappa shape index (κ1) is 18.1. The number of carboxylic acid groups (broad SMARTS) is 1. The third-order valence-electron chi connectivity index (χ3n) is 2.98. The van der Waals surface area contributed by atoms with E-state index in [9.17, 15) is 9.59 Å². The molecule has 0 radical (unpaired) electrons. The van der Waals surface area contributed by atoms with Gasteiger partial charge in [0.15, 0.2) is 0 Å². The Kier molecular flexibility index (Phi) is 5.68. The van der Waals surface area contributed by atoms with Crippen LogP contribution in [0.25, 0.3) is 0 Å². The molecule has 1 aromatic carbocycles. The highest BCUT2D eigenvalue weighted by Gasteiger charge is 2.40. The summed E-state index contributed by atoms with van der Waals surface area (Å²) in [7, 11) is 0. The Morgan fingerprint density at radius 1 is 1.23 bits per heavy atom. The minimum Gasteiger partial charge on any atom is -0.480 e. The Morgan fingerprint density at radius 2 is 1.68 bits per heavy atom. The highest BCUT2D eigenvalue weighted by Crippen LogP contribution is 2.44. The lowest BCUT2D eigenvalue weighted by Crippen LogP contribution is -2.39. The van der Waals surface area contributed by atoms with Crippen LogP contribution in [-0.2, 0) is 14.3 Å². The molecule has 0 fully saturated rings. The lowest BCUT2D eigenvalue weighted by molar-refractivity contribution is -0.154. The van der Waals surface area contributed by atoms with Crippen molar-refractivity contribution in [2.75, 3.05) is 0 Å². The molecule has 6 nitrogen and oxygen atoms in total. The summed E-state index contributed by atoms with van der Waals surface area (Å²) in [5.74, 6) is -1.40. The highest BCUT2D eigenvalue weighted by molar-refractivity contribution is 5.90. The topological polar surface area (TPSA) is 110 Å². The molecule has 0 amide bonds. The molecule has 2 rings (SSSR count). The first-order valence-corrected chi connectivity index (χ1v) is 7.02. The zero-order chi connectivity index (χ0) is 17.1. The summed E-state index contributed by atoms with van der Waals surface area (Å²) in [6.07, 6.45) is -0.979. The van der Waals surface area contributed by atoms with Gasteiger partial charge in [-0.15, -0.1) is 0 Å². The van der Waals surface area contributed by atoms with Gasteiger partial charge in [0, 0.05) is 0 Å². The van der Waals surface area contributed by atoms with Crippen molar-refractivity contribution in [1.29, 1.82) is 0 Å². The maximum absolute atomic E-state index is 11.7. The van der Waals surface area contributed by atoms with Gasteiger partial charge in [-0.1, -0.05) is 24.3 Å². The summed E-state index contributed by atoms with van der Waals surface area (Å²) in [4.78, 5) is 21.5. The van der Waals surface area contributed by atoms with Crippen LogP contribution in [0.1, 0.15) is 44.7 Å². The van der Waals surface area contributed by atoms with Crippen LogP contribution in [0.4, 0.5) is 0 Å². The summed E-state index contributed by atoms with van der Waals surface area (Å²) >= 11 is 0. The van der Waals surface area contributed by atoms with Crippen LogP contribution in [0.2, 0.25) is 0 Å². The second kappa shape index (κ2) is 6.89. The minimum atomic E-state index is -1.18. The summed E-state index contributed by atoms with van der Waals surface area (Å²) in [5.41, 5.74) is 6.74. The smallest absolute Gasteiger partial charge is 0.323 e. The fraction of sp³-hybridized carbons (Fsp3) is 0.500. The van der Waals surface area contributed by atoms with Crippen molar-refractivity contribution < 1.29 is 24.5 Å². The molecule has 2 atom stereocenters. The number of carbonyl (C=O) groups excluding carboxylic acids is 1. The van der Waals surface area contributed by atoms with Gasteiger partial charge in [0.25, 0.3) is 0 Å². The second-order valence-corrected chi connectivity index (χ2v) is 6.20. The van der Waals surface area contributed by atoms with E-state index in [2.05, 4.69) is 0 Å². The summed E-state index contributed by atoms with van der Waals surface area (Å²) in [6, 6.07) is 6.69. The van der Waals surface area contributed by atoms with Gasteiger partial charge in [-0.25, -0.2) is 0 Å². The maximum atomic E-state index is 11.7. The van der Waals surface area contributed by atoms with Crippen LogP contribution in [0.5, 0.6) is 0 Å². The first-order chi connectivity index (χ1) is 10.0. The number of rotatable bonds is 3. The van der Waals surface area contributed by atoms with Crippen molar-refractivity contribution >= 4 is 11.9 Å². The molecule has 1 aliphatic rings. The monoisotopic (exact) mass is 309 g/mol. The predicted molar refractivity (Wildman–Crippen MR) is 81.4 cm³/mol. The van der Waals surface area contributed by atoms with E-state index >= 15 is 0 Å². The van der Waals surface area contributed by atoms with E-state index in [1.54, 1.807) is 0 Å². The number of ether oxygens (including phenoxy) is 1. The molecule has 0 aliphatic heterocycles. The third kappa shape index (κ3) is 5.13. The van der Waals surface area contributed by atoms with E-state index in [4.69, 9.17) is 20.7 Å². The number of fused-ring (bicyclic) bond motifs is 1. The van der Waals surface area contributed by atoms with Gasteiger partial charge in [-0.2, -0.15) is 0 Å². The third-order valence-corrected chi connectivity index (χ3v) is 2.98. The van der Waals surface area contributed by atoms with E-state index in [1.165, 1.54) is 6.92 Å². The maximum Gasteiger partial charge on any atom is 0.323 e. The van der Waals surface area contributed by atoms with Crippen LogP contribution in [0.15, 0.2) is 24.3 Å². The Bertz CT molecular complexity index is 525. The Labute approximate surface area is 129 Å². The fourth-order valence-corrected chi connectivity index (χ4v) is 1.78. The molecule has 1 aliphatic carbocycles. The molecule has 1 aromatic rings. The van der Waals surface area contributed by atoms with E-state index in [-0.39, 0.29) is 11.9 Å². The average molecular weight is 309 g/mol. The summed E-state index contributed by atoms with van der Waals surface area (Å²) < 4.78 is 5.31. The second-order valence-electron chi connectivity index (χ2n) is 6.20. The number of carboxylic acids is 1. The Morgan fingerprint density at radius 3 is 1.95 bits per heavy atom. The molecular weight excluding hydrogens is 286 g/mol. The number of carbonyl (C=O) groups is 2. The number of nitrogens with two attached hydrogens (primary N) is 1. The van der Waals surface area contributed by atoms with Crippen molar-refractivity contribution in [2.45, 2.75) is 51.4 Å². The number of hydrogen-bond acceptors (Lipinski definition) is 5. The zero-order valence-corrected chi connectivity index (χ0v) is 13.2. The van der Waals surface area contributed by atoms with Crippen LogP contribution in [-0.4, -0.2) is 39.9 Å². The number of esters is 1. The molecule has 6 heteroatoms. The largest absolute Gasteiger partial charge is 0.480 e. The molecule has 4 N–H and O–H groups in total. The van der Waals surface area contributed by atoms with Gasteiger partial charge in [0.05, 0.1) is 6.10 Å². The van der Waals surface area contributed by atoms with Crippen LogP contribution in [0, 0.1) is 0 Å². The van der Waals surface area contributed by atoms with Crippen LogP contribution < -0.4 is 5.73 Å². The molecule has 22 heavy (non-hydrogen) atoms. The van der Waals surface area contributed by atoms with E-state index < -0.39 is 23.7 Å². The number of aliphatic carboxylic acids is 1. The summed E-state index contributed by atoms with van der Waals surface area (Å²) in [6.45, 7) is 6.99. The molecule has 0 saturated carbocycles. The van der Waals surface area contributed by atoms with Gasteiger partial charge >= 0.3 is 11.9 Å². The van der Waals surface area contributed by atoms with Gasteiger partial charge in [-0.05, 0) is 38.8 Å². The molecule has 0 unspecified atom stereocenters. The van der Waals surface area contributed by atoms with E-state index in [0.717, 1.165) is 11.1 Å². The van der Waals surface area contributed by atoms with Crippen molar-refractivity contribution in [2.24, 2.45) is 5.73 Å². The van der Waals surface area contributed by atoms with E-state index in [0.29, 0.717) is 0 Å². The van der Waals surface area contributed by atoms with Gasteiger partial charge < -0.3 is 20.7 Å².